The topological polar surface area (TPSA) is 25.8 Å². The van der Waals surface area contributed by atoms with Crippen molar-refractivity contribution in [2.45, 2.75) is 13.1 Å². The van der Waals surface area contributed by atoms with Crippen LogP contribution < -0.4 is 0 Å². The standard InChI is InChI=1S/C12H8F3IN2/c1-7-2-4-8(5-3-7)9-6-10(12(13,14)15)18-11(16)17-9/h2-6H,1H3. The van der Waals surface area contributed by atoms with Crippen molar-refractivity contribution in [3.05, 3.63) is 45.4 Å². The van der Waals surface area contributed by atoms with Gasteiger partial charge in [0.1, 0.15) is 5.69 Å². The molecule has 6 heteroatoms. The highest BCUT2D eigenvalue weighted by atomic mass is 127. The molecule has 0 saturated carbocycles. The Balaban J connectivity index is 2.52. The lowest BCUT2D eigenvalue weighted by molar-refractivity contribution is -0.141. The molecule has 0 bridgehead atoms. The first-order valence-corrected chi connectivity index (χ1v) is 6.13. The Morgan fingerprint density at radius 1 is 1.06 bits per heavy atom. The van der Waals surface area contributed by atoms with Crippen LogP contribution in [-0.2, 0) is 6.18 Å². The molecule has 0 amide bonds. The lowest BCUT2D eigenvalue weighted by atomic mass is 10.1. The van der Waals surface area contributed by atoms with Gasteiger partial charge in [-0.05, 0) is 13.0 Å². The van der Waals surface area contributed by atoms with Crippen molar-refractivity contribution in [1.82, 2.24) is 9.97 Å². The van der Waals surface area contributed by atoms with Crippen LogP contribution in [-0.4, -0.2) is 9.97 Å². The minimum Gasteiger partial charge on any atom is -0.223 e. The van der Waals surface area contributed by atoms with Crippen molar-refractivity contribution in [1.29, 1.82) is 0 Å². The maximum absolute atomic E-state index is 12.6. The molecule has 1 aromatic heterocycles. The van der Waals surface area contributed by atoms with Gasteiger partial charge in [0.25, 0.3) is 0 Å². The van der Waals surface area contributed by atoms with E-state index in [1.54, 1.807) is 34.7 Å². The highest BCUT2D eigenvalue weighted by molar-refractivity contribution is 14.1. The number of hydrogen-bond acceptors (Lipinski definition) is 2. The van der Waals surface area contributed by atoms with E-state index in [2.05, 4.69) is 9.97 Å². The van der Waals surface area contributed by atoms with Crippen LogP contribution in [0.25, 0.3) is 11.3 Å². The summed E-state index contributed by atoms with van der Waals surface area (Å²) in [5.41, 5.74) is 1.05. The molecule has 0 N–H and O–H groups in total. The summed E-state index contributed by atoms with van der Waals surface area (Å²) in [6.07, 6.45) is -4.46. The van der Waals surface area contributed by atoms with Gasteiger partial charge in [0, 0.05) is 28.2 Å². The van der Waals surface area contributed by atoms with Crippen LogP contribution in [0.1, 0.15) is 11.3 Å². The summed E-state index contributed by atoms with van der Waals surface area (Å²) in [7, 11) is 0. The molecule has 0 atom stereocenters. The Labute approximate surface area is 115 Å². The first kappa shape index (κ1) is 13.3. The van der Waals surface area contributed by atoms with Gasteiger partial charge in [0.2, 0.25) is 0 Å². The SMILES string of the molecule is Cc1ccc(-c2cc(C(F)(F)F)nc(I)n2)cc1. The minimum atomic E-state index is -4.46. The normalized spacial score (nSPS) is 11.6. The molecule has 0 radical (unpaired) electrons. The first-order valence-electron chi connectivity index (χ1n) is 5.05. The average molecular weight is 364 g/mol. The molecule has 0 aliphatic carbocycles. The summed E-state index contributed by atoms with van der Waals surface area (Å²) < 4.78 is 38.0. The van der Waals surface area contributed by atoms with Gasteiger partial charge in [-0.25, -0.2) is 9.97 Å². The van der Waals surface area contributed by atoms with Gasteiger partial charge in [0.15, 0.2) is 3.83 Å². The smallest absolute Gasteiger partial charge is 0.223 e. The number of halogens is 4. The Bertz CT molecular complexity index is 565. The Morgan fingerprint density at radius 3 is 2.22 bits per heavy atom. The highest BCUT2D eigenvalue weighted by Gasteiger charge is 2.33. The maximum Gasteiger partial charge on any atom is 0.433 e. The number of hydrogen-bond donors (Lipinski definition) is 0. The van der Waals surface area contributed by atoms with Gasteiger partial charge in [0.05, 0.1) is 5.69 Å². The molecule has 0 spiro atoms. The summed E-state index contributed by atoms with van der Waals surface area (Å²) >= 11 is 1.68. The van der Waals surface area contributed by atoms with Crippen molar-refractivity contribution in [2.75, 3.05) is 0 Å². The molecule has 2 rings (SSSR count). The molecule has 0 aliphatic rings. The third kappa shape index (κ3) is 2.98. The Kier molecular flexibility index (Phi) is 3.56. The van der Waals surface area contributed by atoms with E-state index in [-0.39, 0.29) is 9.53 Å². The van der Waals surface area contributed by atoms with Crippen LogP contribution in [0.3, 0.4) is 0 Å². The number of rotatable bonds is 1. The monoisotopic (exact) mass is 364 g/mol. The third-order valence-electron chi connectivity index (χ3n) is 2.34. The van der Waals surface area contributed by atoms with E-state index in [1.165, 1.54) is 0 Å². The average Bonchev–Trinajstić information content (AvgIpc) is 2.28. The van der Waals surface area contributed by atoms with Gasteiger partial charge in [-0.1, -0.05) is 29.8 Å². The van der Waals surface area contributed by atoms with E-state index >= 15 is 0 Å². The number of alkyl halides is 3. The van der Waals surface area contributed by atoms with E-state index in [0.29, 0.717) is 5.56 Å². The molecule has 2 nitrogen and oxygen atoms in total. The zero-order valence-electron chi connectivity index (χ0n) is 9.29. The maximum atomic E-state index is 12.6. The molecule has 18 heavy (non-hydrogen) atoms. The lowest BCUT2D eigenvalue weighted by Gasteiger charge is -2.08. The van der Waals surface area contributed by atoms with Crippen LogP contribution in [0, 0.1) is 10.8 Å². The zero-order chi connectivity index (χ0) is 13.3. The van der Waals surface area contributed by atoms with Crippen LogP contribution >= 0.6 is 22.6 Å². The van der Waals surface area contributed by atoms with Crippen molar-refractivity contribution >= 4 is 22.6 Å². The predicted octanol–water partition coefficient (Wildman–Crippen LogP) is 4.08. The van der Waals surface area contributed by atoms with Crippen molar-refractivity contribution in [3.8, 4) is 11.3 Å². The largest absolute Gasteiger partial charge is 0.433 e. The van der Waals surface area contributed by atoms with Crippen molar-refractivity contribution < 1.29 is 13.2 Å². The fraction of sp³-hybridized carbons (Fsp3) is 0.167. The zero-order valence-corrected chi connectivity index (χ0v) is 11.5. The van der Waals surface area contributed by atoms with Crippen LogP contribution in [0.4, 0.5) is 13.2 Å². The minimum absolute atomic E-state index is 0.0815. The molecular weight excluding hydrogens is 356 g/mol. The molecule has 0 saturated heterocycles. The third-order valence-corrected chi connectivity index (χ3v) is 2.82. The predicted molar refractivity (Wildman–Crippen MR) is 69.9 cm³/mol. The fourth-order valence-corrected chi connectivity index (χ4v) is 1.96. The molecule has 0 fully saturated rings. The number of benzene rings is 1. The first-order chi connectivity index (χ1) is 8.36. The van der Waals surface area contributed by atoms with E-state index in [4.69, 9.17) is 0 Å². The van der Waals surface area contributed by atoms with Crippen LogP contribution in [0.2, 0.25) is 0 Å². The van der Waals surface area contributed by atoms with Crippen LogP contribution in [0.15, 0.2) is 30.3 Å². The highest BCUT2D eigenvalue weighted by Crippen LogP contribution is 2.30. The molecule has 0 aliphatic heterocycles. The summed E-state index contributed by atoms with van der Waals surface area (Å²) in [6.45, 7) is 1.91. The fourth-order valence-electron chi connectivity index (χ4n) is 1.44. The second kappa shape index (κ2) is 4.83. The second-order valence-corrected chi connectivity index (χ2v) is 4.74. The van der Waals surface area contributed by atoms with E-state index in [0.717, 1.165) is 11.6 Å². The van der Waals surface area contributed by atoms with Gasteiger partial charge < -0.3 is 0 Å². The molecule has 1 aromatic carbocycles. The van der Waals surface area contributed by atoms with Crippen molar-refractivity contribution in [2.24, 2.45) is 0 Å². The number of aromatic nitrogens is 2. The van der Waals surface area contributed by atoms with E-state index < -0.39 is 11.9 Å². The summed E-state index contributed by atoms with van der Waals surface area (Å²) in [5, 5.41) is 0. The number of aryl methyl sites for hydroxylation is 1. The van der Waals surface area contributed by atoms with Gasteiger partial charge >= 0.3 is 6.18 Å². The number of nitrogens with zero attached hydrogens (tertiary/aromatic N) is 2. The van der Waals surface area contributed by atoms with Crippen LogP contribution in [0.5, 0.6) is 0 Å². The van der Waals surface area contributed by atoms with Gasteiger partial charge in [-0.15, -0.1) is 0 Å². The quantitative estimate of drug-likeness (QED) is 0.563. The van der Waals surface area contributed by atoms with E-state index in [1.807, 2.05) is 19.1 Å². The molecule has 0 unspecified atom stereocenters. The molecule has 1 heterocycles. The lowest BCUT2D eigenvalue weighted by Crippen LogP contribution is -2.10. The van der Waals surface area contributed by atoms with E-state index in [9.17, 15) is 13.2 Å². The van der Waals surface area contributed by atoms with Crippen molar-refractivity contribution in [3.63, 3.8) is 0 Å². The Morgan fingerprint density at radius 2 is 1.67 bits per heavy atom. The summed E-state index contributed by atoms with van der Waals surface area (Å²) in [6, 6.07) is 8.11. The Hall–Kier alpha value is -1.18. The van der Waals surface area contributed by atoms with Gasteiger partial charge in [-0.3, -0.25) is 0 Å². The molecular formula is C12H8F3IN2. The molecule has 2 aromatic rings. The summed E-state index contributed by atoms with van der Waals surface area (Å²) in [4.78, 5) is 7.42. The summed E-state index contributed by atoms with van der Waals surface area (Å²) in [5.74, 6) is 0. The van der Waals surface area contributed by atoms with Gasteiger partial charge in [-0.2, -0.15) is 13.2 Å². The second-order valence-electron chi connectivity index (χ2n) is 3.77. The molecule has 94 valence electrons.